The maximum atomic E-state index is 12.6. The van der Waals surface area contributed by atoms with Gasteiger partial charge in [0.15, 0.2) is 0 Å². The number of carbonyl (C=O) groups excluding carboxylic acids is 1. The molecule has 1 atom stereocenters. The van der Waals surface area contributed by atoms with Gasteiger partial charge in [-0.05, 0) is 50.8 Å². The highest BCUT2D eigenvalue weighted by Gasteiger charge is 2.42. The molecule has 6 heteroatoms. The van der Waals surface area contributed by atoms with Crippen molar-refractivity contribution in [2.24, 2.45) is 5.41 Å². The van der Waals surface area contributed by atoms with E-state index in [1.54, 1.807) is 18.7 Å². The first-order chi connectivity index (χ1) is 13.1. The SMILES string of the molecule is Cc1ncnc(N2CCC[C@]3(CCC(=O)N(Cc4ccncc4)C3)C2)c1C. The van der Waals surface area contributed by atoms with Gasteiger partial charge < -0.3 is 9.80 Å². The summed E-state index contributed by atoms with van der Waals surface area (Å²) in [4.78, 5) is 30.0. The molecule has 142 valence electrons. The Bertz CT molecular complexity index is 825. The summed E-state index contributed by atoms with van der Waals surface area (Å²) in [5, 5.41) is 0. The predicted octanol–water partition coefficient (Wildman–Crippen LogP) is 2.90. The van der Waals surface area contributed by atoms with Crippen LogP contribution in [0.5, 0.6) is 0 Å². The number of hydrogen-bond donors (Lipinski definition) is 0. The Labute approximate surface area is 160 Å². The molecule has 0 bridgehead atoms. The first kappa shape index (κ1) is 17.9. The maximum Gasteiger partial charge on any atom is 0.222 e. The maximum absolute atomic E-state index is 12.6. The summed E-state index contributed by atoms with van der Waals surface area (Å²) >= 11 is 0. The average Bonchev–Trinajstić information content (AvgIpc) is 2.68. The smallest absolute Gasteiger partial charge is 0.222 e. The normalized spacial score (nSPS) is 23.1. The topological polar surface area (TPSA) is 62.2 Å². The molecule has 2 aromatic rings. The fourth-order valence-electron chi connectivity index (χ4n) is 4.52. The van der Waals surface area contributed by atoms with Gasteiger partial charge >= 0.3 is 0 Å². The Morgan fingerprint density at radius 1 is 1.11 bits per heavy atom. The van der Waals surface area contributed by atoms with Gasteiger partial charge in [0.2, 0.25) is 5.91 Å². The van der Waals surface area contributed by atoms with Crippen LogP contribution in [-0.4, -0.2) is 45.4 Å². The average molecular weight is 365 g/mol. The summed E-state index contributed by atoms with van der Waals surface area (Å²) in [7, 11) is 0. The molecule has 0 radical (unpaired) electrons. The lowest BCUT2D eigenvalue weighted by atomic mass is 9.73. The molecular formula is C21H27N5O. The number of hydrogen-bond acceptors (Lipinski definition) is 5. The summed E-state index contributed by atoms with van der Waals surface area (Å²) in [6.45, 7) is 7.63. The molecular weight excluding hydrogens is 338 g/mol. The zero-order valence-corrected chi connectivity index (χ0v) is 16.2. The molecule has 4 rings (SSSR count). The number of carbonyl (C=O) groups is 1. The Morgan fingerprint density at radius 2 is 1.93 bits per heavy atom. The van der Waals surface area contributed by atoms with Gasteiger partial charge in [-0.25, -0.2) is 9.97 Å². The summed E-state index contributed by atoms with van der Waals surface area (Å²) in [6, 6.07) is 3.99. The van der Waals surface area contributed by atoms with Gasteiger partial charge in [-0.1, -0.05) is 0 Å². The van der Waals surface area contributed by atoms with Crippen LogP contribution in [0, 0.1) is 19.3 Å². The minimum absolute atomic E-state index is 0.157. The third-order valence-electron chi connectivity index (χ3n) is 6.14. The van der Waals surface area contributed by atoms with Gasteiger partial charge in [0.25, 0.3) is 0 Å². The van der Waals surface area contributed by atoms with Gasteiger partial charge in [0, 0.05) is 61.7 Å². The second kappa shape index (κ2) is 7.25. The second-order valence-electron chi connectivity index (χ2n) is 8.04. The summed E-state index contributed by atoms with van der Waals surface area (Å²) in [5.41, 5.74) is 3.50. The molecule has 2 fully saturated rings. The first-order valence-electron chi connectivity index (χ1n) is 9.76. The van der Waals surface area contributed by atoms with E-state index in [2.05, 4.69) is 26.8 Å². The number of nitrogens with zero attached hydrogens (tertiary/aromatic N) is 5. The Balaban J connectivity index is 1.53. The van der Waals surface area contributed by atoms with Crippen LogP contribution in [-0.2, 0) is 11.3 Å². The lowest BCUT2D eigenvalue weighted by Crippen LogP contribution is -2.54. The number of piperidine rings is 2. The summed E-state index contributed by atoms with van der Waals surface area (Å²) in [6.07, 6.45) is 9.18. The van der Waals surface area contributed by atoms with Gasteiger partial charge in [0.05, 0.1) is 0 Å². The van der Waals surface area contributed by atoms with Crippen molar-refractivity contribution in [2.75, 3.05) is 24.5 Å². The molecule has 2 saturated heterocycles. The molecule has 2 aliphatic heterocycles. The monoisotopic (exact) mass is 365 g/mol. The van der Waals surface area contributed by atoms with Crippen molar-refractivity contribution >= 4 is 11.7 Å². The van der Waals surface area contributed by atoms with Crippen molar-refractivity contribution in [3.8, 4) is 0 Å². The number of rotatable bonds is 3. The van der Waals surface area contributed by atoms with E-state index in [0.29, 0.717) is 13.0 Å². The van der Waals surface area contributed by atoms with E-state index in [1.165, 1.54) is 6.42 Å². The fraction of sp³-hybridized carbons (Fsp3) is 0.524. The predicted molar refractivity (Wildman–Crippen MR) is 104 cm³/mol. The lowest BCUT2D eigenvalue weighted by Gasteiger charge is -2.48. The molecule has 6 nitrogen and oxygen atoms in total. The quantitative estimate of drug-likeness (QED) is 0.837. The molecule has 1 spiro atoms. The molecule has 0 saturated carbocycles. The van der Waals surface area contributed by atoms with Gasteiger partial charge in [0.1, 0.15) is 12.1 Å². The highest BCUT2D eigenvalue weighted by Crippen LogP contribution is 2.40. The molecule has 1 amide bonds. The van der Waals surface area contributed by atoms with Crippen LogP contribution in [0.3, 0.4) is 0 Å². The van der Waals surface area contributed by atoms with Crippen LogP contribution >= 0.6 is 0 Å². The molecule has 0 aromatic carbocycles. The van der Waals surface area contributed by atoms with E-state index in [1.807, 2.05) is 24.0 Å². The van der Waals surface area contributed by atoms with Crippen LogP contribution in [0.2, 0.25) is 0 Å². The number of likely N-dealkylation sites (tertiary alicyclic amines) is 1. The van der Waals surface area contributed by atoms with Crippen molar-refractivity contribution in [1.82, 2.24) is 19.9 Å². The van der Waals surface area contributed by atoms with Crippen LogP contribution in [0.4, 0.5) is 5.82 Å². The number of pyridine rings is 1. The molecule has 0 N–H and O–H groups in total. The Morgan fingerprint density at radius 3 is 2.74 bits per heavy atom. The van der Waals surface area contributed by atoms with Crippen LogP contribution in [0.15, 0.2) is 30.9 Å². The summed E-state index contributed by atoms with van der Waals surface area (Å²) < 4.78 is 0. The highest BCUT2D eigenvalue weighted by molar-refractivity contribution is 5.77. The number of aromatic nitrogens is 3. The molecule has 27 heavy (non-hydrogen) atoms. The minimum Gasteiger partial charge on any atom is -0.356 e. The fourth-order valence-corrected chi connectivity index (χ4v) is 4.52. The number of amides is 1. The Kier molecular flexibility index (Phi) is 4.81. The van der Waals surface area contributed by atoms with E-state index in [-0.39, 0.29) is 11.3 Å². The van der Waals surface area contributed by atoms with E-state index < -0.39 is 0 Å². The number of aryl methyl sites for hydroxylation is 1. The molecule has 2 aliphatic rings. The highest BCUT2D eigenvalue weighted by atomic mass is 16.2. The van der Waals surface area contributed by atoms with Crippen LogP contribution < -0.4 is 4.90 Å². The standard InChI is InChI=1S/C21H27N5O/c1-16-17(2)23-15-24-20(16)25-11-3-7-21(13-25)8-4-19(27)26(14-21)12-18-5-9-22-10-6-18/h5-6,9-10,15H,3-4,7-8,11-14H2,1-2H3/t21-/m0/s1. The largest absolute Gasteiger partial charge is 0.356 e. The number of anilines is 1. The van der Waals surface area contributed by atoms with E-state index in [9.17, 15) is 4.79 Å². The second-order valence-corrected chi connectivity index (χ2v) is 8.04. The van der Waals surface area contributed by atoms with Gasteiger partial charge in [-0.2, -0.15) is 0 Å². The van der Waals surface area contributed by atoms with Crippen molar-refractivity contribution in [3.63, 3.8) is 0 Å². The van der Waals surface area contributed by atoms with Gasteiger partial charge in [-0.15, -0.1) is 0 Å². The Hall–Kier alpha value is -2.50. The molecule has 2 aromatic heterocycles. The van der Waals surface area contributed by atoms with E-state index >= 15 is 0 Å². The first-order valence-corrected chi connectivity index (χ1v) is 9.76. The van der Waals surface area contributed by atoms with Crippen molar-refractivity contribution in [3.05, 3.63) is 47.7 Å². The summed E-state index contributed by atoms with van der Waals surface area (Å²) in [5.74, 6) is 1.32. The van der Waals surface area contributed by atoms with Crippen LogP contribution in [0.1, 0.15) is 42.5 Å². The van der Waals surface area contributed by atoms with Crippen LogP contribution in [0.25, 0.3) is 0 Å². The van der Waals surface area contributed by atoms with Crippen molar-refractivity contribution in [2.45, 2.75) is 46.1 Å². The van der Waals surface area contributed by atoms with Crippen molar-refractivity contribution < 1.29 is 4.79 Å². The zero-order chi connectivity index (χ0) is 18.9. The lowest BCUT2D eigenvalue weighted by molar-refractivity contribution is -0.138. The molecule has 4 heterocycles. The van der Waals surface area contributed by atoms with E-state index in [0.717, 1.165) is 55.1 Å². The van der Waals surface area contributed by atoms with E-state index in [4.69, 9.17) is 0 Å². The van der Waals surface area contributed by atoms with Gasteiger partial charge in [-0.3, -0.25) is 9.78 Å². The molecule has 0 unspecified atom stereocenters. The zero-order valence-electron chi connectivity index (χ0n) is 16.2. The third-order valence-corrected chi connectivity index (χ3v) is 6.14. The third kappa shape index (κ3) is 3.66. The molecule has 0 aliphatic carbocycles. The minimum atomic E-state index is 0.157. The van der Waals surface area contributed by atoms with Crippen molar-refractivity contribution in [1.29, 1.82) is 0 Å².